The summed E-state index contributed by atoms with van der Waals surface area (Å²) in [6.45, 7) is 0.458. The highest BCUT2D eigenvalue weighted by Gasteiger charge is 2.34. The van der Waals surface area contributed by atoms with Crippen molar-refractivity contribution in [2.24, 2.45) is 0 Å². The van der Waals surface area contributed by atoms with Crippen molar-refractivity contribution in [3.8, 4) is 11.5 Å². The highest BCUT2D eigenvalue weighted by atomic mass is 35.5. The minimum atomic E-state index is -0.439. The van der Waals surface area contributed by atoms with E-state index in [1.165, 1.54) is 12.1 Å². The van der Waals surface area contributed by atoms with Crippen LogP contribution < -0.4 is 14.8 Å². The van der Waals surface area contributed by atoms with Crippen LogP contribution in [0.4, 0.5) is 14.9 Å². The molecule has 0 bridgehead atoms. The Bertz CT molecular complexity index is 1120. The van der Waals surface area contributed by atoms with Crippen molar-refractivity contribution >= 4 is 23.3 Å². The number of nitrogens with one attached hydrogen (secondary N) is 1. The number of nitrogens with zero attached hydrogens (tertiary/aromatic N) is 1. The number of halogens is 2. The molecule has 1 heterocycles. The van der Waals surface area contributed by atoms with Crippen LogP contribution in [-0.2, 0) is 6.42 Å². The predicted octanol–water partition coefficient (Wildman–Crippen LogP) is 5.68. The molecule has 1 aliphatic heterocycles. The molecule has 0 fully saturated rings. The fourth-order valence-electron chi connectivity index (χ4n) is 3.96. The predicted molar refractivity (Wildman–Crippen MR) is 119 cm³/mol. The van der Waals surface area contributed by atoms with Gasteiger partial charge < -0.3 is 19.7 Å². The molecule has 4 rings (SSSR count). The third-order valence-electron chi connectivity index (χ3n) is 5.41. The van der Waals surface area contributed by atoms with Crippen LogP contribution in [0.15, 0.2) is 60.7 Å². The fraction of sp³-hybridized carbons (Fsp3) is 0.208. The van der Waals surface area contributed by atoms with Crippen molar-refractivity contribution in [2.75, 3.05) is 26.1 Å². The number of anilines is 1. The Morgan fingerprint density at radius 3 is 2.48 bits per heavy atom. The number of benzene rings is 3. The number of methoxy groups -OCH3 is 2. The van der Waals surface area contributed by atoms with Gasteiger partial charge in [-0.05, 0) is 59.5 Å². The number of rotatable bonds is 4. The van der Waals surface area contributed by atoms with E-state index in [-0.39, 0.29) is 6.03 Å². The van der Waals surface area contributed by atoms with E-state index in [4.69, 9.17) is 21.1 Å². The van der Waals surface area contributed by atoms with Gasteiger partial charge in [0.2, 0.25) is 0 Å². The summed E-state index contributed by atoms with van der Waals surface area (Å²) < 4.78 is 24.6. The van der Waals surface area contributed by atoms with E-state index in [0.29, 0.717) is 35.2 Å². The largest absolute Gasteiger partial charge is 0.493 e. The lowest BCUT2D eigenvalue weighted by Crippen LogP contribution is -2.43. The van der Waals surface area contributed by atoms with E-state index in [9.17, 15) is 9.18 Å². The highest BCUT2D eigenvalue weighted by molar-refractivity contribution is 6.31. The third-order valence-corrected chi connectivity index (χ3v) is 5.75. The summed E-state index contributed by atoms with van der Waals surface area (Å²) in [6.07, 6.45) is 0.632. The van der Waals surface area contributed by atoms with E-state index in [1.54, 1.807) is 37.3 Å². The monoisotopic (exact) mass is 440 g/mol. The molecule has 1 unspecified atom stereocenters. The van der Waals surface area contributed by atoms with E-state index in [0.717, 1.165) is 16.7 Å². The maximum Gasteiger partial charge on any atom is 0.322 e. The number of carbonyl (C=O) groups excluding carboxylic acids is 1. The van der Waals surface area contributed by atoms with Gasteiger partial charge in [0.05, 0.1) is 20.3 Å². The maximum atomic E-state index is 13.6. The first-order valence-corrected chi connectivity index (χ1v) is 10.2. The van der Waals surface area contributed by atoms with Crippen molar-refractivity contribution in [3.63, 3.8) is 0 Å². The molecule has 0 saturated heterocycles. The van der Waals surface area contributed by atoms with Crippen LogP contribution in [-0.4, -0.2) is 31.7 Å². The quantitative estimate of drug-likeness (QED) is 0.568. The molecule has 0 spiro atoms. The highest BCUT2D eigenvalue weighted by Crippen LogP contribution is 2.42. The van der Waals surface area contributed by atoms with Gasteiger partial charge in [-0.3, -0.25) is 0 Å². The van der Waals surface area contributed by atoms with Gasteiger partial charge in [0.25, 0.3) is 0 Å². The molecule has 0 aromatic heterocycles. The molecule has 7 heteroatoms. The van der Waals surface area contributed by atoms with Crippen molar-refractivity contribution in [1.29, 1.82) is 0 Å². The zero-order chi connectivity index (χ0) is 22.0. The summed E-state index contributed by atoms with van der Waals surface area (Å²) in [7, 11) is 3.17. The lowest BCUT2D eigenvalue weighted by molar-refractivity contribution is 0.193. The Balaban J connectivity index is 1.79. The van der Waals surface area contributed by atoms with E-state index >= 15 is 0 Å². The van der Waals surface area contributed by atoms with Gasteiger partial charge in [0.15, 0.2) is 11.5 Å². The Labute approximate surface area is 185 Å². The fourth-order valence-corrected chi connectivity index (χ4v) is 4.20. The number of fused-ring (bicyclic) bond motifs is 1. The number of carbonyl (C=O) groups is 1. The number of hydrogen-bond acceptors (Lipinski definition) is 3. The smallest absolute Gasteiger partial charge is 0.322 e. The van der Waals surface area contributed by atoms with Crippen LogP contribution in [0, 0.1) is 5.82 Å². The normalized spacial score (nSPS) is 15.2. The summed E-state index contributed by atoms with van der Waals surface area (Å²) in [5.41, 5.74) is 3.15. The van der Waals surface area contributed by atoms with Crippen molar-refractivity contribution in [1.82, 2.24) is 4.90 Å². The second-order valence-electron chi connectivity index (χ2n) is 7.21. The Morgan fingerprint density at radius 2 is 1.77 bits per heavy atom. The van der Waals surface area contributed by atoms with E-state index in [1.807, 2.05) is 30.3 Å². The number of ether oxygens (including phenoxy) is 2. The number of amides is 2. The van der Waals surface area contributed by atoms with E-state index in [2.05, 4.69) is 5.32 Å². The summed E-state index contributed by atoms with van der Waals surface area (Å²) in [6, 6.07) is 16.3. The first-order valence-electron chi connectivity index (χ1n) is 9.84. The van der Waals surface area contributed by atoms with Crippen LogP contribution in [0.5, 0.6) is 11.5 Å². The van der Waals surface area contributed by atoms with Crippen LogP contribution in [0.1, 0.15) is 22.7 Å². The van der Waals surface area contributed by atoms with E-state index < -0.39 is 11.9 Å². The molecule has 3 aromatic carbocycles. The molecule has 0 radical (unpaired) electrons. The van der Waals surface area contributed by atoms with Gasteiger partial charge in [-0.15, -0.1) is 0 Å². The second-order valence-corrected chi connectivity index (χ2v) is 7.62. The van der Waals surface area contributed by atoms with Crippen LogP contribution in [0.25, 0.3) is 0 Å². The molecular formula is C24H22ClFN2O3. The molecule has 3 aromatic rings. The zero-order valence-electron chi connectivity index (χ0n) is 17.2. The van der Waals surface area contributed by atoms with Gasteiger partial charge in [-0.25, -0.2) is 9.18 Å². The van der Waals surface area contributed by atoms with Crippen LogP contribution in [0.3, 0.4) is 0 Å². The number of hydrogen-bond donors (Lipinski definition) is 1. The average Bonchev–Trinajstić information content (AvgIpc) is 2.77. The summed E-state index contributed by atoms with van der Waals surface area (Å²) >= 11 is 6.54. The maximum absolute atomic E-state index is 13.6. The molecule has 2 amide bonds. The summed E-state index contributed by atoms with van der Waals surface area (Å²) in [4.78, 5) is 15.0. The molecule has 31 heavy (non-hydrogen) atoms. The topological polar surface area (TPSA) is 50.8 Å². The second kappa shape index (κ2) is 8.86. The molecule has 1 atom stereocenters. The van der Waals surface area contributed by atoms with Crippen molar-refractivity contribution in [2.45, 2.75) is 12.5 Å². The molecule has 5 nitrogen and oxygen atoms in total. The molecule has 1 N–H and O–H groups in total. The molecule has 160 valence electrons. The van der Waals surface area contributed by atoms with Gasteiger partial charge in [-0.1, -0.05) is 35.9 Å². The standard InChI is InChI=1S/C24H22ClFN2O3/c1-30-21-12-15-10-11-28(24(29)27-17-7-5-6-16(26)13-17)23(19(15)14-22(21)31-2)18-8-3-4-9-20(18)25/h3-9,12-14,23H,10-11H2,1-2H3,(H,27,29). The van der Waals surface area contributed by atoms with Crippen LogP contribution in [0.2, 0.25) is 5.02 Å². The summed E-state index contributed by atoms with van der Waals surface area (Å²) in [5, 5.41) is 3.36. The van der Waals surface area contributed by atoms with Gasteiger partial charge in [-0.2, -0.15) is 0 Å². The Hall–Kier alpha value is -3.25. The van der Waals surface area contributed by atoms with Gasteiger partial charge in [0.1, 0.15) is 5.82 Å². The minimum Gasteiger partial charge on any atom is -0.493 e. The Kier molecular flexibility index (Phi) is 6.00. The molecule has 0 saturated carbocycles. The summed E-state index contributed by atoms with van der Waals surface area (Å²) in [5.74, 6) is 0.795. The first kappa shape index (κ1) is 21.0. The first-order chi connectivity index (χ1) is 15.0. The average molecular weight is 441 g/mol. The Morgan fingerprint density at radius 1 is 1.03 bits per heavy atom. The third kappa shape index (κ3) is 4.16. The molecular weight excluding hydrogens is 419 g/mol. The van der Waals surface area contributed by atoms with Gasteiger partial charge >= 0.3 is 6.03 Å². The zero-order valence-corrected chi connectivity index (χ0v) is 17.9. The van der Waals surface area contributed by atoms with Gasteiger partial charge in [0, 0.05) is 17.3 Å². The number of urea groups is 1. The minimum absolute atomic E-state index is 0.337. The van der Waals surface area contributed by atoms with Crippen molar-refractivity contribution in [3.05, 3.63) is 88.2 Å². The SMILES string of the molecule is COc1cc2c(cc1OC)C(c1ccccc1Cl)N(C(=O)Nc1cccc(F)c1)CC2. The lowest BCUT2D eigenvalue weighted by Gasteiger charge is -2.38. The van der Waals surface area contributed by atoms with Crippen LogP contribution >= 0.6 is 11.6 Å². The molecule has 0 aliphatic carbocycles. The van der Waals surface area contributed by atoms with Crippen molar-refractivity contribution < 1.29 is 18.7 Å². The lowest BCUT2D eigenvalue weighted by atomic mass is 9.87. The molecule has 1 aliphatic rings.